The first kappa shape index (κ1) is 14.5. The van der Waals surface area contributed by atoms with Gasteiger partial charge in [-0.05, 0) is 30.5 Å². The number of hydrogen-bond acceptors (Lipinski definition) is 3. The minimum Gasteiger partial charge on any atom is -0.336 e. The number of hydrogen-bond donors (Lipinski definition) is 0. The molecule has 2 aliphatic rings. The van der Waals surface area contributed by atoms with Gasteiger partial charge in [0.1, 0.15) is 0 Å². The Morgan fingerprint density at radius 3 is 2.43 bits per heavy atom. The second kappa shape index (κ2) is 6.16. The number of benzene rings is 1. The Morgan fingerprint density at radius 1 is 1.09 bits per heavy atom. The van der Waals surface area contributed by atoms with Crippen LogP contribution in [0.3, 0.4) is 0 Å². The summed E-state index contributed by atoms with van der Waals surface area (Å²) in [5.74, 6) is 0.162. The maximum atomic E-state index is 12.6. The van der Waals surface area contributed by atoms with Crippen LogP contribution in [0.2, 0.25) is 0 Å². The third kappa shape index (κ3) is 3.29. The van der Waals surface area contributed by atoms with Crippen LogP contribution in [0.4, 0.5) is 0 Å². The van der Waals surface area contributed by atoms with E-state index in [4.69, 9.17) is 0 Å². The van der Waals surface area contributed by atoms with Gasteiger partial charge in [-0.15, -0.1) is 0 Å². The molecule has 0 radical (unpaired) electrons. The van der Waals surface area contributed by atoms with Crippen molar-refractivity contribution in [3.05, 3.63) is 54.1 Å². The van der Waals surface area contributed by atoms with Gasteiger partial charge in [-0.25, -0.2) is 4.98 Å². The van der Waals surface area contributed by atoms with Gasteiger partial charge in [0.2, 0.25) is 0 Å². The van der Waals surface area contributed by atoms with Gasteiger partial charge in [0, 0.05) is 56.7 Å². The lowest BCUT2D eigenvalue weighted by atomic mass is 10.1. The van der Waals surface area contributed by atoms with Crippen LogP contribution in [0.15, 0.2) is 43.0 Å². The number of piperazine rings is 1. The standard InChI is InChI=1S/C18H22N4O/c23-18(22-11-9-21(10-12-22)17-5-6-17)16-3-1-15(2-4-16)13-20-8-7-19-14-20/h1-4,7-8,14,17H,5-6,9-13H2. The van der Waals surface area contributed by atoms with Crippen molar-refractivity contribution >= 4 is 5.91 Å². The predicted molar refractivity (Wildman–Crippen MR) is 88.3 cm³/mol. The molecule has 2 aromatic rings. The van der Waals surface area contributed by atoms with Gasteiger partial charge in [-0.3, -0.25) is 9.69 Å². The molecule has 0 atom stereocenters. The van der Waals surface area contributed by atoms with Gasteiger partial charge in [0.05, 0.1) is 6.33 Å². The average Bonchev–Trinajstić information content (AvgIpc) is 3.33. The highest BCUT2D eigenvalue weighted by Crippen LogP contribution is 2.27. The van der Waals surface area contributed by atoms with Crippen LogP contribution in [0.1, 0.15) is 28.8 Å². The van der Waals surface area contributed by atoms with Gasteiger partial charge in [0.25, 0.3) is 5.91 Å². The molecule has 5 heteroatoms. The molecule has 0 N–H and O–H groups in total. The third-order valence-electron chi connectivity index (χ3n) is 4.79. The van der Waals surface area contributed by atoms with Crippen LogP contribution in [0.25, 0.3) is 0 Å². The predicted octanol–water partition coefficient (Wildman–Crippen LogP) is 1.85. The number of imidazole rings is 1. The second-order valence-electron chi connectivity index (χ2n) is 6.49. The molecule has 0 spiro atoms. The first-order valence-electron chi connectivity index (χ1n) is 8.37. The number of amides is 1. The summed E-state index contributed by atoms with van der Waals surface area (Å²) < 4.78 is 2.02. The van der Waals surface area contributed by atoms with Crippen LogP contribution < -0.4 is 0 Å². The Bertz CT molecular complexity index is 653. The van der Waals surface area contributed by atoms with Crippen LogP contribution >= 0.6 is 0 Å². The number of nitrogens with zero attached hydrogens (tertiary/aromatic N) is 4. The summed E-state index contributed by atoms with van der Waals surface area (Å²) in [6.45, 7) is 4.54. The Labute approximate surface area is 136 Å². The molecule has 1 saturated carbocycles. The summed E-state index contributed by atoms with van der Waals surface area (Å²) in [7, 11) is 0. The van der Waals surface area contributed by atoms with Gasteiger partial charge >= 0.3 is 0 Å². The summed E-state index contributed by atoms with van der Waals surface area (Å²) in [4.78, 5) is 21.2. The third-order valence-corrected chi connectivity index (χ3v) is 4.79. The number of carbonyl (C=O) groups excluding carboxylic acids is 1. The van der Waals surface area contributed by atoms with E-state index >= 15 is 0 Å². The molecule has 23 heavy (non-hydrogen) atoms. The van der Waals surface area contributed by atoms with Crippen molar-refractivity contribution in [2.24, 2.45) is 0 Å². The summed E-state index contributed by atoms with van der Waals surface area (Å²) >= 11 is 0. The van der Waals surface area contributed by atoms with Crippen molar-refractivity contribution < 1.29 is 4.79 Å². The molecule has 2 heterocycles. The Hall–Kier alpha value is -2.14. The molecule has 0 unspecified atom stereocenters. The van der Waals surface area contributed by atoms with Crippen LogP contribution in [-0.4, -0.2) is 57.5 Å². The quantitative estimate of drug-likeness (QED) is 0.865. The van der Waals surface area contributed by atoms with E-state index in [9.17, 15) is 4.79 Å². The van der Waals surface area contributed by atoms with Gasteiger partial charge in [0.15, 0.2) is 0 Å². The zero-order valence-electron chi connectivity index (χ0n) is 13.3. The number of carbonyl (C=O) groups is 1. The minimum absolute atomic E-state index is 0.162. The highest BCUT2D eigenvalue weighted by atomic mass is 16.2. The van der Waals surface area contributed by atoms with E-state index in [-0.39, 0.29) is 5.91 Å². The molecule has 1 aliphatic carbocycles. The van der Waals surface area contributed by atoms with Crippen molar-refractivity contribution in [3.63, 3.8) is 0 Å². The van der Waals surface area contributed by atoms with E-state index in [2.05, 4.69) is 9.88 Å². The van der Waals surface area contributed by atoms with E-state index in [0.717, 1.165) is 44.3 Å². The number of rotatable bonds is 4. The summed E-state index contributed by atoms with van der Waals surface area (Å²) in [6, 6.07) is 8.76. The van der Waals surface area contributed by atoms with E-state index < -0.39 is 0 Å². The lowest BCUT2D eigenvalue weighted by molar-refractivity contribution is 0.0627. The average molecular weight is 310 g/mol. The van der Waals surface area contributed by atoms with E-state index in [0.29, 0.717) is 0 Å². The fourth-order valence-corrected chi connectivity index (χ4v) is 3.26. The molecular formula is C18H22N4O. The molecule has 1 aliphatic heterocycles. The van der Waals surface area contributed by atoms with Crippen LogP contribution in [0, 0.1) is 0 Å². The molecule has 5 nitrogen and oxygen atoms in total. The maximum Gasteiger partial charge on any atom is 0.253 e. The fraction of sp³-hybridized carbons (Fsp3) is 0.444. The molecule has 120 valence electrons. The Balaban J connectivity index is 1.36. The lowest BCUT2D eigenvalue weighted by Gasteiger charge is -2.34. The molecule has 2 fully saturated rings. The zero-order chi connectivity index (χ0) is 15.6. The highest BCUT2D eigenvalue weighted by Gasteiger charge is 2.32. The fourth-order valence-electron chi connectivity index (χ4n) is 3.26. The molecule has 4 rings (SSSR count). The van der Waals surface area contributed by atoms with Crippen molar-refractivity contribution in [1.82, 2.24) is 19.4 Å². The van der Waals surface area contributed by atoms with E-state index in [1.807, 2.05) is 39.9 Å². The molecular weight excluding hydrogens is 288 g/mol. The maximum absolute atomic E-state index is 12.6. The Morgan fingerprint density at radius 2 is 1.83 bits per heavy atom. The Kier molecular flexibility index (Phi) is 3.87. The molecule has 1 aromatic carbocycles. The second-order valence-corrected chi connectivity index (χ2v) is 6.49. The van der Waals surface area contributed by atoms with Crippen molar-refractivity contribution in [1.29, 1.82) is 0 Å². The normalized spacial score (nSPS) is 19.0. The minimum atomic E-state index is 0.162. The van der Waals surface area contributed by atoms with Crippen molar-refractivity contribution in [2.75, 3.05) is 26.2 Å². The first-order chi connectivity index (χ1) is 11.3. The van der Waals surface area contributed by atoms with E-state index in [1.54, 1.807) is 12.5 Å². The molecule has 1 aromatic heterocycles. The van der Waals surface area contributed by atoms with Gasteiger partial charge in [-0.1, -0.05) is 12.1 Å². The number of aromatic nitrogens is 2. The van der Waals surface area contributed by atoms with Crippen LogP contribution in [-0.2, 0) is 6.54 Å². The monoisotopic (exact) mass is 310 g/mol. The molecule has 1 amide bonds. The summed E-state index contributed by atoms with van der Waals surface area (Å²) in [5, 5.41) is 0. The first-order valence-corrected chi connectivity index (χ1v) is 8.37. The van der Waals surface area contributed by atoms with Crippen LogP contribution in [0.5, 0.6) is 0 Å². The van der Waals surface area contributed by atoms with Crippen molar-refractivity contribution in [3.8, 4) is 0 Å². The summed E-state index contributed by atoms with van der Waals surface area (Å²) in [5.41, 5.74) is 1.97. The van der Waals surface area contributed by atoms with E-state index in [1.165, 1.54) is 18.4 Å². The largest absolute Gasteiger partial charge is 0.336 e. The van der Waals surface area contributed by atoms with Gasteiger partial charge in [-0.2, -0.15) is 0 Å². The summed E-state index contributed by atoms with van der Waals surface area (Å²) in [6.07, 6.45) is 8.20. The molecule has 0 bridgehead atoms. The topological polar surface area (TPSA) is 41.4 Å². The lowest BCUT2D eigenvalue weighted by Crippen LogP contribution is -2.49. The smallest absolute Gasteiger partial charge is 0.253 e. The van der Waals surface area contributed by atoms with Crippen molar-refractivity contribution in [2.45, 2.75) is 25.4 Å². The van der Waals surface area contributed by atoms with Gasteiger partial charge < -0.3 is 9.47 Å². The SMILES string of the molecule is O=C(c1ccc(Cn2ccnc2)cc1)N1CCN(C2CC2)CC1. The highest BCUT2D eigenvalue weighted by molar-refractivity contribution is 5.94. The molecule has 1 saturated heterocycles. The zero-order valence-corrected chi connectivity index (χ0v) is 13.3.